The summed E-state index contributed by atoms with van der Waals surface area (Å²) in [5, 5.41) is 16.5. The number of hydrogen-bond donors (Lipinski definition) is 1. The standard InChI is InChI=1S/C20H17N3O7S/c1-28-17-5-3-14(4-6-17)21-20-22-15(11-31-20)10-30-19(25)13-7-12(18(24)29-2)8-16(9-13)23(26)27/h3-9,11H,10H2,1-2H3,(H,21,22). The number of rotatable bonds is 8. The Kier molecular flexibility index (Phi) is 6.78. The van der Waals surface area contributed by atoms with Gasteiger partial charge in [-0.15, -0.1) is 11.3 Å². The van der Waals surface area contributed by atoms with Gasteiger partial charge in [-0.3, -0.25) is 10.1 Å². The summed E-state index contributed by atoms with van der Waals surface area (Å²) < 4.78 is 14.9. The molecule has 1 heterocycles. The number of nitrogens with zero attached hydrogens (tertiary/aromatic N) is 2. The highest BCUT2D eigenvalue weighted by Crippen LogP contribution is 2.24. The maximum absolute atomic E-state index is 12.4. The Labute approximate surface area is 180 Å². The fraction of sp³-hybridized carbons (Fsp3) is 0.150. The highest BCUT2D eigenvalue weighted by Gasteiger charge is 2.19. The molecule has 0 unspecified atom stereocenters. The lowest BCUT2D eigenvalue weighted by molar-refractivity contribution is -0.384. The molecule has 2 aromatic carbocycles. The van der Waals surface area contributed by atoms with Gasteiger partial charge in [-0.1, -0.05) is 0 Å². The Morgan fingerprint density at radius 2 is 1.77 bits per heavy atom. The number of hydrogen-bond acceptors (Lipinski definition) is 10. The van der Waals surface area contributed by atoms with Crippen LogP contribution in [0.1, 0.15) is 26.4 Å². The number of nitrogens with one attached hydrogen (secondary N) is 1. The van der Waals surface area contributed by atoms with Crippen LogP contribution in [0.2, 0.25) is 0 Å². The van der Waals surface area contributed by atoms with Gasteiger partial charge in [0.05, 0.1) is 36.0 Å². The van der Waals surface area contributed by atoms with Gasteiger partial charge < -0.3 is 19.5 Å². The minimum Gasteiger partial charge on any atom is -0.497 e. The molecule has 10 nitrogen and oxygen atoms in total. The smallest absolute Gasteiger partial charge is 0.338 e. The van der Waals surface area contributed by atoms with Crippen LogP contribution in [-0.4, -0.2) is 36.1 Å². The molecule has 0 aliphatic heterocycles. The molecule has 0 bridgehead atoms. The molecule has 0 saturated heterocycles. The van der Waals surface area contributed by atoms with E-state index in [2.05, 4.69) is 15.0 Å². The molecule has 0 saturated carbocycles. The minimum absolute atomic E-state index is 0.122. The Bertz CT molecular complexity index is 1110. The molecule has 0 radical (unpaired) electrons. The van der Waals surface area contributed by atoms with Gasteiger partial charge in [-0.05, 0) is 30.3 Å². The summed E-state index contributed by atoms with van der Waals surface area (Å²) in [5.41, 5.74) is 0.623. The number of methoxy groups -OCH3 is 2. The molecule has 1 aromatic heterocycles. The SMILES string of the molecule is COC(=O)c1cc(C(=O)OCc2csc(Nc3ccc(OC)cc3)n2)cc([N+](=O)[O-])c1. The first-order valence-electron chi connectivity index (χ1n) is 8.80. The van der Waals surface area contributed by atoms with E-state index >= 15 is 0 Å². The number of benzene rings is 2. The van der Waals surface area contributed by atoms with Crippen LogP contribution >= 0.6 is 11.3 Å². The van der Waals surface area contributed by atoms with E-state index in [4.69, 9.17) is 9.47 Å². The number of nitro benzene ring substituents is 1. The number of thiazole rings is 1. The number of nitro groups is 1. The average Bonchev–Trinajstić information content (AvgIpc) is 3.24. The Morgan fingerprint density at radius 1 is 1.10 bits per heavy atom. The van der Waals surface area contributed by atoms with Crippen LogP contribution in [0.15, 0.2) is 47.8 Å². The maximum Gasteiger partial charge on any atom is 0.338 e. The molecular weight excluding hydrogens is 426 g/mol. The summed E-state index contributed by atoms with van der Waals surface area (Å²) in [4.78, 5) is 38.8. The van der Waals surface area contributed by atoms with Crippen molar-refractivity contribution in [3.8, 4) is 5.75 Å². The van der Waals surface area contributed by atoms with Crippen LogP contribution in [0.3, 0.4) is 0 Å². The second kappa shape index (κ2) is 9.67. The molecule has 0 aliphatic rings. The largest absolute Gasteiger partial charge is 0.497 e. The van der Waals surface area contributed by atoms with Crippen LogP contribution in [-0.2, 0) is 16.1 Å². The van der Waals surface area contributed by atoms with Crippen molar-refractivity contribution in [3.05, 3.63) is 74.8 Å². The fourth-order valence-electron chi connectivity index (χ4n) is 2.52. The summed E-state index contributed by atoms with van der Waals surface area (Å²) in [7, 11) is 2.72. The number of esters is 2. The number of anilines is 2. The summed E-state index contributed by atoms with van der Waals surface area (Å²) in [6.45, 7) is -0.143. The summed E-state index contributed by atoms with van der Waals surface area (Å²) in [5.74, 6) is -0.896. The van der Waals surface area contributed by atoms with Gasteiger partial charge in [0.2, 0.25) is 0 Å². The Balaban J connectivity index is 1.66. The third kappa shape index (κ3) is 5.54. The Morgan fingerprint density at radius 3 is 2.39 bits per heavy atom. The topological polar surface area (TPSA) is 130 Å². The van der Waals surface area contributed by atoms with Gasteiger partial charge in [0.1, 0.15) is 12.4 Å². The number of carbonyl (C=O) groups excluding carboxylic acids is 2. The number of carbonyl (C=O) groups is 2. The molecule has 1 N–H and O–H groups in total. The minimum atomic E-state index is -0.827. The predicted molar refractivity (Wildman–Crippen MR) is 112 cm³/mol. The number of aromatic nitrogens is 1. The van der Waals surface area contributed by atoms with Gasteiger partial charge in [0.15, 0.2) is 5.13 Å². The van der Waals surface area contributed by atoms with E-state index in [9.17, 15) is 19.7 Å². The van der Waals surface area contributed by atoms with Crippen LogP contribution in [0.25, 0.3) is 0 Å². The van der Waals surface area contributed by atoms with Crippen molar-refractivity contribution >= 4 is 39.8 Å². The zero-order valence-corrected chi connectivity index (χ0v) is 17.3. The summed E-state index contributed by atoms with van der Waals surface area (Å²) in [6, 6.07) is 10.5. The van der Waals surface area contributed by atoms with Crippen LogP contribution in [0.4, 0.5) is 16.5 Å². The van der Waals surface area contributed by atoms with Crippen molar-refractivity contribution in [1.29, 1.82) is 0 Å². The normalized spacial score (nSPS) is 10.3. The molecule has 0 atom stereocenters. The summed E-state index contributed by atoms with van der Waals surface area (Å²) >= 11 is 1.32. The second-order valence-electron chi connectivity index (χ2n) is 6.09. The third-order valence-corrected chi connectivity index (χ3v) is 4.84. The maximum atomic E-state index is 12.4. The van der Waals surface area contributed by atoms with Gasteiger partial charge in [0.25, 0.3) is 5.69 Å². The van der Waals surface area contributed by atoms with E-state index in [1.807, 2.05) is 12.1 Å². The van der Waals surface area contributed by atoms with E-state index in [1.54, 1.807) is 24.6 Å². The number of non-ortho nitro benzene ring substituents is 1. The van der Waals surface area contributed by atoms with Gasteiger partial charge >= 0.3 is 11.9 Å². The molecule has 0 fully saturated rings. The highest BCUT2D eigenvalue weighted by atomic mass is 32.1. The lowest BCUT2D eigenvalue weighted by Crippen LogP contribution is -2.09. The average molecular weight is 443 g/mol. The van der Waals surface area contributed by atoms with Crippen molar-refractivity contribution in [1.82, 2.24) is 4.98 Å². The molecule has 0 amide bonds. The zero-order chi connectivity index (χ0) is 22.4. The molecule has 3 aromatic rings. The second-order valence-corrected chi connectivity index (χ2v) is 6.95. The lowest BCUT2D eigenvalue weighted by Gasteiger charge is -2.06. The molecule has 3 rings (SSSR count). The van der Waals surface area contributed by atoms with Crippen molar-refractivity contribution in [3.63, 3.8) is 0 Å². The third-order valence-electron chi connectivity index (χ3n) is 4.03. The van der Waals surface area contributed by atoms with Gasteiger partial charge in [-0.25, -0.2) is 14.6 Å². The molecule has 0 spiro atoms. The zero-order valence-electron chi connectivity index (χ0n) is 16.5. The molecule has 31 heavy (non-hydrogen) atoms. The molecule has 0 aliphatic carbocycles. The predicted octanol–water partition coefficient (Wildman–Crippen LogP) is 3.95. The monoisotopic (exact) mass is 443 g/mol. The molecule has 11 heteroatoms. The first-order chi connectivity index (χ1) is 14.9. The van der Waals surface area contributed by atoms with Crippen LogP contribution < -0.4 is 10.1 Å². The first-order valence-corrected chi connectivity index (χ1v) is 9.68. The van der Waals surface area contributed by atoms with Crippen molar-refractivity contribution in [2.45, 2.75) is 6.61 Å². The Hall–Kier alpha value is -3.99. The first kappa shape index (κ1) is 21.7. The van der Waals surface area contributed by atoms with E-state index in [-0.39, 0.29) is 17.7 Å². The fourth-order valence-corrected chi connectivity index (χ4v) is 3.24. The highest BCUT2D eigenvalue weighted by molar-refractivity contribution is 7.13. The van der Waals surface area contributed by atoms with Crippen molar-refractivity contribution in [2.24, 2.45) is 0 Å². The van der Waals surface area contributed by atoms with E-state index < -0.39 is 22.5 Å². The summed E-state index contributed by atoms with van der Waals surface area (Å²) in [6.07, 6.45) is 0. The molecule has 160 valence electrons. The van der Waals surface area contributed by atoms with Crippen LogP contribution in [0.5, 0.6) is 5.75 Å². The van der Waals surface area contributed by atoms with E-state index in [1.165, 1.54) is 17.4 Å². The quantitative estimate of drug-likeness (QED) is 0.312. The van der Waals surface area contributed by atoms with E-state index in [0.717, 1.165) is 30.7 Å². The lowest BCUT2D eigenvalue weighted by atomic mass is 10.1. The van der Waals surface area contributed by atoms with Crippen molar-refractivity contribution < 1.29 is 28.7 Å². The van der Waals surface area contributed by atoms with Gasteiger partial charge in [0, 0.05) is 23.2 Å². The van der Waals surface area contributed by atoms with Gasteiger partial charge in [-0.2, -0.15) is 0 Å². The van der Waals surface area contributed by atoms with Crippen LogP contribution in [0, 0.1) is 10.1 Å². The van der Waals surface area contributed by atoms with Crippen molar-refractivity contribution in [2.75, 3.05) is 19.5 Å². The van der Waals surface area contributed by atoms with E-state index in [0.29, 0.717) is 10.8 Å². The number of ether oxygens (including phenoxy) is 3. The molecular formula is C20H17N3O7S.